The molecule has 0 bridgehead atoms. The molecule has 190 valence electrons. The SMILES string of the molecule is COc1ccc(OC)c(N2C(=O)C(Cl)=C(Nc3ccc(C(=O)Oc4ccc5ccccc5c4)cc3)C2=O)c1. The predicted molar refractivity (Wildman–Crippen MR) is 144 cm³/mol. The van der Waals surface area contributed by atoms with E-state index in [1.165, 1.54) is 20.3 Å². The molecule has 0 spiro atoms. The Morgan fingerprint density at radius 2 is 1.50 bits per heavy atom. The number of carbonyl (C=O) groups is 3. The van der Waals surface area contributed by atoms with Crippen LogP contribution in [-0.2, 0) is 9.59 Å². The first-order chi connectivity index (χ1) is 18.4. The molecule has 0 aliphatic carbocycles. The molecule has 4 aromatic rings. The van der Waals surface area contributed by atoms with Gasteiger partial charge in [0.1, 0.15) is 28.0 Å². The number of rotatable bonds is 7. The van der Waals surface area contributed by atoms with Crippen LogP contribution in [-0.4, -0.2) is 32.0 Å². The normalized spacial score (nSPS) is 13.2. The van der Waals surface area contributed by atoms with E-state index in [0.717, 1.165) is 15.7 Å². The van der Waals surface area contributed by atoms with Gasteiger partial charge in [0.15, 0.2) is 0 Å². The summed E-state index contributed by atoms with van der Waals surface area (Å²) in [5.41, 5.74) is 0.845. The lowest BCUT2D eigenvalue weighted by Crippen LogP contribution is -2.32. The number of anilines is 2. The monoisotopic (exact) mass is 528 g/mol. The van der Waals surface area contributed by atoms with Crippen LogP contribution in [0.3, 0.4) is 0 Å². The number of amides is 2. The molecule has 2 amide bonds. The minimum absolute atomic E-state index is 0.104. The highest BCUT2D eigenvalue weighted by Crippen LogP contribution is 2.38. The highest BCUT2D eigenvalue weighted by atomic mass is 35.5. The van der Waals surface area contributed by atoms with Gasteiger partial charge in [-0.1, -0.05) is 41.9 Å². The summed E-state index contributed by atoms with van der Waals surface area (Å²) in [7, 11) is 2.90. The van der Waals surface area contributed by atoms with E-state index in [2.05, 4.69) is 5.32 Å². The maximum Gasteiger partial charge on any atom is 0.343 e. The third-order valence-electron chi connectivity index (χ3n) is 5.98. The largest absolute Gasteiger partial charge is 0.497 e. The Labute approximate surface area is 223 Å². The van der Waals surface area contributed by atoms with Crippen molar-refractivity contribution in [3.63, 3.8) is 0 Å². The van der Waals surface area contributed by atoms with Gasteiger partial charge in [-0.3, -0.25) is 9.59 Å². The Balaban J connectivity index is 1.32. The quantitative estimate of drug-likeness (QED) is 0.192. The molecule has 1 N–H and O–H groups in total. The first-order valence-corrected chi connectivity index (χ1v) is 11.9. The number of methoxy groups -OCH3 is 2. The third kappa shape index (κ3) is 4.65. The molecule has 1 aliphatic heterocycles. The molecule has 8 nitrogen and oxygen atoms in total. The fourth-order valence-corrected chi connectivity index (χ4v) is 4.25. The van der Waals surface area contributed by atoms with Crippen molar-refractivity contribution in [2.75, 3.05) is 24.4 Å². The number of imide groups is 1. The highest BCUT2D eigenvalue weighted by Gasteiger charge is 2.40. The number of nitrogens with one attached hydrogen (secondary N) is 1. The zero-order valence-corrected chi connectivity index (χ0v) is 21.1. The number of halogens is 1. The Hall–Kier alpha value is -4.82. The Morgan fingerprint density at radius 1 is 0.789 bits per heavy atom. The van der Waals surface area contributed by atoms with Crippen LogP contribution >= 0.6 is 11.6 Å². The number of benzene rings is 4. The molecule has 1 heterocycles. The molecular formula is C29H21ClN2O6. The molecule has 0 unspecified atom stereocenters. The van der Waals surface area contributed by atoms with Gasteiger partial charge in [0.05, 0.1) is 25.5 Å². The lowest BCUT2D eigenvalue weighted by molar-refractivity contribution is -0.120. The molecule has 9 heteroatoms. The van der Waals surface area contributed by atoms with Crippen molar-refractivity contribution in [3.05, 3.63) is 101 Å². The van der Waals surface area contributed by atoms with Gasteiger partial charge in [0, 0.05) is 11.8 Å². The summed E-state index contributed by atoms with van der Waals surface area (Å²) in [5.74, 6) is -0.742. The van der Waals surface area contributed by atoms with Crippen molar-refractivity contribution in [2.24, 2.45) is 0 Å². The molecular weight excluding hydrogens is 508 g/mol. The number of carbonyl (C=O) groups excluding carboxylic acids is 3. The fourth-order valence-electron chi connectivity index (χ4n) is 4.03. The van der Waals surface area contributed by atoms with Gasteiger partial charge in [-0.15, -0.1) is 0 Å². The van der Waals surface area contributed by atoms with Gasteiger partial charge < -0.3 is 19.5 Å². The second-order valence-corrected chi connectivity index (χ2v) is 8.65. The molecule has 1 aliphatic rings. The number of nitrogens with zero attached hydrogens (tertiary/aromatic N) is 1. The van der Waals surface area contributed by atoms with E-state index >= 15 is 0 Å². The summed E-state index contributed by atoms with van der Waals surface area (Å²) in [6.45, 7) is 0. The molecule has 0 fully saturated rings. The summed E-state index contributed by atoms with van der Waals surface area (Å²) in [6, 6.07) is 24.2. The van der Waals surface area contributed by atoms with Gasteiger partial charge in [0.25, 0.3) is 11.8 Å². The van der Waals surface area contributed by atoms with Crippen LogP contribution in [0, 0.1) is 0 Å². The van der Waals surface area contributed by atoms with Crippen LogP contribution < -0.4 is 24.4 Å². The first-order valence-electron chi connectivity index (χ1n) is 11.5. The van der Waals surface area contributed by atoms with Crippen molar-refractivity contribution in [1.82, 2.24) is 0 Å². The molecule has 0 saturated carbocycles. The zero-order valence-electron chi connectivity index (χ0n) is 20.4. The van der Waals surface area contributed by atoms with Gasteiger partial charge in [-0.25, -0.2) is 9.69 Å². The van der Waals surface area contributed by atoms with Gasteiger partial charge >= 0.3 is 5.97 Å². The molecule has 4 aromatic carbocycles. The van der Waals surface area contributed by atoms with E-state index in [1.54, 1.807) is 48.5 Å². The van der Waals surface area contributed by atoms with E-state index in [1.807, 2.05) is 30.3 Å². The zero-order chi connectivity index (χ0) is 26.8. The van der Waals surface area contributed by atoms with E-state index in [9.17, 15) is 14.4 Å². The van der Waals surface area contributed by atoms with Crippen LogP contribution in [0.1, 0.15) is 10.4 Å². The molecule has 0 aromatic heterocycles. The van der Waals surface area contributed by atoms with Crippen LogP contribution in [0.15, 0.2) is 95.7 Å². The van der Waals surface area contributed by atoms with E-state index in [0.29, 0.717) is 28.5 Å². The molecule has 0 radical (unpaired) electrons. The van der Waals surface area contributed by atoms with Crippen molar-refractivity contribution in [2.45, 2.75) is 0 Å². The fraction of sp³-hybridized carbons (Fsp3) is 0.0690. The van der Waals surface area contributed by atoms with Crippen LogP contribution in [0.2, 0.25) is 0 Å². The maximum atomic E-state index is 13.2. The van der Waals surface area contributed by atoms with Crippen LogP contribution in [0.4, 0.5) is 11.4 Å². The Bertz CT molecular complexity index is 1610. The summed E-state index contributed by atoms with van der Waals surface area (Å²) in [4.78, 5) is 39.7. The van der Waals surface area contributed by atoms with E-state index in [-0.39, 0.29) is 16.4 Å². The topological polar surface area (TPSA) is 94.2 Å². The maximum absolute atomic E-state index is 13.2. The summed E-state index contributed by atoms with van der Waals surface area (Å²) < 4.78 is 16.0. The van der Waals surface area contributed by atoms with Crippen molar-refractivity contribution in [1.29, 1.82) is 0 Å². The van der Waals surface area contributed by atoms with E-state index in [4.69, 9.17) is 25.8 Å². The molecule has 0 saturated heterocycles. The number of hydrogen-bond acceptors (Lipinski definition) is 7. The predicted octanol–water partition coefficient (Wildman–Crippen LogP) is 5.51. The van der Waals surface area contributed by atoms with Gasteiger partial charge in [0.2, 0.25) is 0 Å². The number of fused-ring (bicyclic) bond motifs is 1. The Morgan fingerprint density at radius 3 is 2.21 bits per heavy atom. The molecule has 0 atom stereocenters. The second kappa shape index (κ2) is 10.3. The van der Waals surface area contributed by atoms with Crippen molar-refractivity contribution in [3.8, 4) is 17.2 Å². The second-order valence-electron chi connectivity index (χ2n) is 8.27. The average molecular weight is 529 g/mol. The number of ether oxygens (including phenoxy) is 3. The summed E-state index contributed by atoms with van der Waals surface area (Å²) in [5, 5.41) is 4.60. The Kier molecular flexibility index (Phi) is 6.72. The highest BCUT2D eigenvalue weighted by molar-refractivity contribution is 6.53. The molecule has 5 rings (SSSR count). The lowest BCUT2D eigenvalue weighted by atomic mass is 10.1. The minimum atomic E-state index is -0.707. The number of hydrogen-bond donors (Lipinski definition) is 1. The average Bonchev–Trinajstić information content (AvgIpc) is 3.15. The smallest absolute Gasteiger partial charge is 0.343 e. The third-order valence-corrected chi connectivity index (χ3v) is 6.33. The van der Waals surface area contributed by atoms with Gasteiger partial charge in [-0.2, -0.15) is 0 Å². The van der Waals surface area contributed by atoms with E-state index < -0.39 is 17.8 Å². The lowest BCUT2D eigenvalue weighted by Gasteiger charge is -2.19. The molecule has 38 heavy (non-hydrogen) atoms. The minimum Gasteiger partial charge on any atom is -0.497 e. The van der Waals surface area contributed by atoms with Crippen molar-refractivity contribution >= 4 is 51.5 Å². The summed E-state index contributed by atoms with van der Waals surface area (Å²) >= 11 is 6.26. The van der Waals surface area contributed by atoms with Gasteiger partial charge in [-0.05, 0) is 59.3 Å². The van der Waals surface area contributed by atoms with Crippen LogP contribution in [0.5, 0.6) is 17.2 Å². The summed E-state index contributed by atoms with van der Waals surface area (Å²) in [6.07, 6.45) is 0. The standard InChI is InChI=1S/C29H21ClN2O6/c1-36-21-13-14-24(37-2)23(16-21)32-27(33)25(30)26(28(32)34)31-20-10-7-18(8-11-20)29(35)38-22-12-9-17-5-3-4-6-19(17)15-22/h3-16,31H,1-2H3. The first kappa shape index (κ1) is 24.9. The van der Waals surface area contributed by atoms with Crippen molar-refractivity contribution < 1.29 is 28.6 Å². The number of esters is 1. The van der Waals surface area contributed by atoms with Crippen LogP contribution in [0.25, 0.3) is 10.8 Å².